The van der Waals surface area contributed by atoms with E-state index in [9.17, 15) is 18.0 Å². The average Bonchev–Trinajstić information content (AvgIpc) is 2.82. The summed E-state index contributed by atoms with van der Waals surface area (Å²) in [7, 11) is 0. The highest BCUT2D eigenvalue weighted by Gasteiger charge is 2.30. The number of alkyl halides is 3. The molecule has 1 heterocycles. The molecule has 20 heavy (non-hydrogen) atoms. The number of rotatable bonds is 3. The third kappa shape index (κ3) is 3.20. The summed E-state index contributed by atoms with van der Waals surface area (Å²) < 4.78 is 42.6. The zero-order valence-electron chi connectivity index (χ0n) is 10.6. The second-order valence-electron chi connectivity index (χ2n) is 4.27. The first-order valence-electron chi connectivity index (χ1n) is 5.86. The summed E-state index contributed by atoms with van der Waals surface area (Å²) in [5, 5.41) is 2.55. The van der Waals surface area contributed by atoms with E-state index in [0.29, 0.717) is 16.9 Å². The summed E-state index contributed by atoms with van der Waals surface area (Å²) >= 11 is 0. The molecule has 2 rings (SSSR count). The van der Waals surface area contributed by atoms with Crippen LogP contribution in [0.15, 0.2) is 41.0 Å². The van der Waals surface area contributed by atoms with Crippen molar-refractivity contribution < 1.29 is 22.4 Å². The van der Waals surface area contributed by atoms with E-state index in [0.717, 1.165) is 12.1 Å². The van der Waals surface area contributed by atoms with Crippen molar-refractivity contribution in [1.29, 1.82) is 0 Å². The largest absolute Gasteiger partial charge is 0.469 e. The Morgan fingerprint density at radius 2 is 2.05 bits per heavy atom. The van der Waals surface area contributed by atoms with Gasteiger partial charge in [0.1, 0.15) is 5.76 Å². The molecule has 106 valence electrons. The van der Waals surface area contributed by atoms with Crippen molar-refractivity contribution in [2.45, 2.75) is 19.6 Å². The monoisotopic (exact) mass is 283 g/mol. The Balaban J connectivity index is 2.05. The predicted molar refractivity (Wildman–Crippen MR) is 66.1 cm³/mol. The lowest BCUT2D eigenvalue weighted by molar-refractivity contribution is -0.137. The van der Waals surface area contributed by atoms with Gasteiger partial charge in [-0.1, -0.05) is 12.1 Å². The number of amides is 1. The lowest BCUT2D eigenvalue weighted by atomic mass is 10.1. The molecule has 0 spiro atoms. The van der Waals surface area contributed by atoms with Crippen LogP contribution in [0.3, 0.4) is 0 Å². The molecule has 0 radical (unpaired) electrons. The topological polar surface area (TPSA) is 42.2 Å². The molecule has 0 unspecified atom stereocenters. The summed E-state index contributed by atoms with van der Waals surface area (Å²) in [5.41, 5.74) is 0.0232. The van der Waals surface area contributed by atoms with Gasteiger partial charge in [0.05, 0.1) is 17.4 Å². The Morgan fingerprint density at radius 1 is 1.30 bits per heavy atom. The van der Waals surface area contributed by atoms with Crippen LogP contribution >= 0.6 is 0 Å². The standard InChI is InChI=1S/C14H12F3NO2/c1-9-12(5-6-20-9)13(19)18-8-10-3-2-4-11(7-10)14(15,16)17/h2-7H,8H2,1H3,(H,18,19). The van der Waals surface area contributed by atoms with E-state index in [1.165, 1.54) is 24.5 Å². The van der Waals surface area contributed by atoms with Crippen molar-refractivity contribution in [2.24, 2.45) is 0 Å². The molecule has 0 aliphatic heterocycles. The maximum Gasteiger partial charge on any atom is 0.416 e. The minimum atomic E-state index is -4.39. The van der Waals surface area contributed by atoms with Crippen molar-refractivity contribution in [2.75, 3.05) is 0 Å². The fourth-order valence-electron chi connectivity index (χ4n) is 1.76. The van der Waals surface area contributed by atoms with E-state index in [-0.39, 0.29) is 12.5 Å². The zero-order valence-corrected chi connectivity index (χ0v) is 10.6. The molecule has 1 N–H and O–H groups in total. The summed E-state index contributed by atoms with van der Waals surface area (Å²) in [4.78, 5) is 11.8. The second-order valence-corrected chi connectivity index (χ2v) is 4.27. The van der Waals surface area contributed by atoms with E-state index in [1.807, 2.05) is 0 Å². The quantitative estimate of drug-likeness (QED) is 0.936. The van der Waals surface area contributed by atoms with Gasteiger partial charge >= 0.3 is 6.18 Å². The van der Waals surface area contributed by atoms with Gasteiger partial charge in [0.25, 0.3) is 5.91 Å². The van der Waals surface area contributed by atoms with E-state index in [2.05, 4.69) is 5.32 Å². The Kier molecular flexibility index (Phi) is 3.83. The van der Waals surface area contributed by atoms with E-state index in [4.69, 9.17) is 4.42 Å². The normalized spacial score (nSPS) is 11.4. The second kappa shape index (κ2) is 5.40. The number of hydrogen-bond acceptors (Lipinski definition) is 2. The molecule has 0 saturated heterocycles. The minimum absolute atomic E-state index is 0.0212. The maximum absolute atomic E-state index is 12.5. The molecular formula is C14H12F3NO2. The predicted octanol–water partition coefficient (Wildman–Crippen LogP) is 3.54. The number of carbonyl (C=O) groups is 1. The average molecular weight is 283 g/mol. The van der Waals surface area contributed by atoms with Gasteiger partial charge in [-0.25, -0.2) is 0 Å². The fraction of sp³-hybridized carbons (Fsp3) is 0.214. The number of benzene rings is 1. The summed E-state index contributed by atoms with van der Waals surface area (Å²) in [6.45, 7) is 1.66. The number of nitrogens with one attached hydrogen (secondary N) is 1. The first kappa shape index (κ1) is 14.2. The molecule has 3 nitrogen and oxygen atoms in total. The molecule has 0 fully saturated rings. The molecule has 1 aromatic carbocycles. The SMILES string of the molecule is Cc1occc1C(=O)NCc1cccc(C(F)(F)F)c1. The van der Waals surface area contributed by atoms with Crippen molar-refractivity contribution in [3.05, 3.63) is 59.0 Å². The van der Waals surface area contributed by atoms with Crippen LogP contribution in [0, 0.1) is 6.92 Å². The molecule has 0 aliphatic carbocycles. The van der Waals surface area contributed by atoms with Crippen LogP contribution in [0.5, 0.6) is 0 Å². The van der Waals surface area contributed by atoms with E-state index < -0.39 is 11.7 Å². The van der Waals surface area contributed by atoms with Crippen LogP contribution in [-0.4, -0.2) is 5.91 Å². The van der Waals surface area contributed by atoms with Gasteiger partial charge in [-0.2, -0.15) is 13.2 Å². The molecule has 6 heteroatoms. The third-order valence-corrected chi connectivity index (χ3v) is 2.81. The van der Waals surface area contributed by atoms with Crippen LogP contribution in [0.2, 0.25) is 0 Å². The lowest BCUT2D eigenvalue weighted by Gasteiger charge is -2.09. The van der Waals surface area contributed by atoms with Gasteiger partial charge < -0.3 is 9.73 Å². The Hall–Kier alpha value is -2.24. The third-order valence-electron chi connectivity index (χ3n) is 2.81. The molecule has 1 amide bonds. The lowest BCUT2D eigenvalue weighted by Crippen LogP contribution is -2.23. The highest BCUT2D eigenvalue weighted by Crippen LogP contribution is 2.29. The number of hydrogen-bond donors (Lipinski definition) is 1. The van der Waals surface area contributed by atoms with Gasteiger partial charge in [0.2, 0.25) is 0 Å². The van der Waals surface area contributed by atoms with E-state index >= 15 is 0 Å². The van der Waals surface area contributed by atoms with Crippen molar-refractivity contribution >= 4 is 5.91 Å². The van der Waals surface area contributed by atoms with Crippen molar-refractivity contribution in [3.63, 3.8) is 0 Å². The highest BCUT2D eigenvalue weighted by molar-refractivity contribution is 5.94. The van der Waals surface area contributed by atoms with Crippen LogP contribution in [0.25, 0.3) is 0 Å². The minimum Gasteiger partial charge on any atom is -0.469 e. The number of halogens is 3. The molecular weight excluding hydrogens is 271 g/mol. The first-order chi connectivity index (χ1) is 9.38. The number of aryl methyl sites for hydroxylation is 1. The number of carbonyl (C=O) groups excluding carboxylic acids is 1. The molecule has 1 aromatic heterocycles. The van der Waals surface area contributed by atoms with Gasteiger partial charge in [-0.15, -0.1) is 0 Å². The van der Waals surface area contributed by atoms with E-state index in [1.54, 1.807) is 6.92 Å². The Bertz CT molecular complexity index is 617. The first-order valence-corrected chi connectivity index (χ1v) is 5.86. The van der Waals surface area contributed by atoms with Crippen LogP contribution in [-0.2, 0) is 12.7 Å². The van der Waals surface area contributed by atoms with Gasteiger partial charge in [0.15, 0.2) is 0 Å². The Labute approximate surface area is 113 Å². The summed E-state index contributed by atoms with van der Waals surface area (Å²) in [6.07, 6.45) is -3.00. The summed E-state index contributed by atoms with van der Waals surface area (Å²) in [6, 6.07) is 6.36. The van der Waals surface area contributed by atoms with Gasteiger partial charge in [-0.05, 0) is 30.7 Å². The molecule has 0 atom stereocenters. The number of furan rings is 1. The smallest absolute Gasteiger partial charge is 0.416 e. The van der Waals surface area contributed by atoms with Crippen molar-refractivity contribution in [3.8, 4) is 0 Å². The van der Waals surface area contributed by atoms with Gasteiger partial charge in [0, 0.05) is 6.54 Å². The highest BCUT2D eigenvalue weighted by atomic mass is 19.4. The zero-order chi connectivity index (χ0) is 14.8. The van der Waals surface area contributed by atoms with Crippen LogP contribution < -0.4 is 5.32 Å². The summed E-state index contributed by atoms with van der Waals surface area (Å²) in [5.74, 6) is 0.0835. The fourth-order valence-corrected chi connectivity index (χ4v) is 1.76. The van der Waals surface area contributed by atoms with Crippen LogP contribution in [0.4, 0.5) is 13.2 Å². The van der Waals surface area contributed by atoms with Gasteiger partial charge in [-0.3, -0.25) is 4.79 Å². The molecule has 2 aromatic rings. The van der Waals surface area contributed by atoms with Crippen molar-refractivity contribution in [1.82, 2.24) is 5.32 Å². The maximum atomic E-state index is 12.5. The van der Waals surface area contributed by atoms with Crippen LogP contribution in [0.1, 0.15) is 27.2 Å². The molecule has 0 aliphatic rings. The molecule has 0 bridgehead atoms. The Morgan fingerprint density at radius 3 is 2.65 bits per heavy atom. The molecule has 0 saturated carbocycles.